The molecule has 0 rings (SSSR count). The van der Waals surface area contributed by atoms with Crippen molar-refractivity contribution in [3.05, 3.63) is 12.0 Å². The standard InChI is InChI=1S/C6H13BN2O5S/c1-3-15(13,14)9(2)4-6(10)8-5-7(11)12/h3,11-12H,1,4-5H2,2H3,(H,8,10). The van der Waals surface area contributed by atoms with Crippen LogP contribution in [0, 0.1) is 0 Å². The molecule has 0 unspecified atom stereocenters. The number of carbonyl (C=O) groups is 1. The minimum Gasteiger partial charge on any atom is -0.426 e. The topological polar surface area (TPSA) is 107 Å². The van der Waals surface area contributed by atoms with E-state index in [4.69, 9.17) is 10.0 Å². The Kier molecular flexibility index (Phi) is 5.51. The van der Waals surface area contributed by atoms with Crippen LogP contribution in [0.25, 0.3) is 0 Å². The first-order valence-electron chi connectivity index (χ1n) is 4.01. The summed E-state index contributed by atoms with van der Waals surface area (Å²) < 4.78 is 23.0. The third-order valence-corrected chi connectivity index (χ3v) is 2.91. The monoisotopic (exact) mass is 236 g/mol. The molecule has 0 aliphatic carbocycles. The molecule has 0 radical (unpaired) electrons. The molecule has 0 aromatic rings. The third-order valence-electron chi connectivity index (χ3n) is 1.49. The Balaban J connectivity index is 4.14. The lowest BCUT2D eigenvalue weighted by Gasteiger charge is -2.13. The molecule has 0 heterocycles. The highest BCUT2D eigenvalue weighted by atomic mass is 32.2. The zero-order valence-electron chi connectivity index (χ0n) is 8.25. The molecule has 0 aromatic heterocycles. The van der Waals surface area contributed by atoms with Crippen LogP contribution in [0.3, 0.4) is 0 Å². The van der Waals surface area contributed by atoms with Crippen LogP contribution in [0.5, 0.6) is 0 Å². The van der Waals surface area contributed by atoms with Gasteiger partial charge in [-0.1, -0.05) is 6.58 Å². The molecule has 0 fully saturated rings. The van der Waals surface area contributed by atoms with E-state index in [0.717, 1.165) is 9.71 Å². The SMILES string of the molecule is C=CS(=O)(=O)N(C)CC(=O)NCB(O)O. The molecule has 15 heavy (non-hydrogen) atoms. The summed E-state index contributed by atoms with van der Waals surface area (Å²) in [5, 5.41) is 19.7. The van der Waals surface area contributed by atoms with Gasteiger partial charge in [-0.2, -0.15) is 4.31 Å². The van der Waals surface area contributed by atoms with Gasteiger partial charge in [0.2, 0.25) is 15.9 Å². The average Bonchev–Trinajstić information content (AvgIpc) is 2.14. The van der Waals surface area contributed by atoms with Gasteiger partial charge in [-0.05, 0) is 0 Å². The minimum atomic E-state index is -3.62. The van der Waals surface area contributed by atoms with Gasteiger partial charge in [-0.3, -0.25) is 4.79 Å². The Bertz CT molecular complexity index is 328. The summed E-state index contributed by atoms with van der Waals surface area (Å²) in [5.74, 6) is -0.629. The molecule has 0 spiro atoms. The first-order chi connectivity index (χ1) is 6.79. The zero-order valence-corrected chi connectivity index (χ0v) is 9.07. The summed E-state index contributed by atoms with van der Waals surface area (Å²) in [4.78, 5) is 11.0. The lowest BCUT2D eigenvalue weighted by Crippen LogP contribution is -2.41. The van der Waals surface area contributed by atoms with Gasteiger partial charge in [0.1, 0.15) is 0 Å². The molecule has 0 saturated heterocycles. The molecular weight excluding hydrogens is 223 g/mol. The van der Waals surface area contributed by atoms with Crippen molar-refractivity contribution in [2.45, 2.75) is 0 Å². The first-order valence-corrected chi connectivity index (χ1v) is 5.51. The van der Waals surface area contributed by atoms with Crippen LogP contribution in [0.15, 0.2) is 12.0 Å². The van der Waals surface area contributed by atoms with Crippen molar-refractivity contribution in [1.29, 1.82) is 0 Å². The van der Waals surface area contributed by atoms with Gasteiger partial charge in [-0.25, -0.2) is 8.42 Å². The maximum atomic E-state index is 11.1. The first kappa shape index (κ1) is 14.1. The van der Waals surface area contributed by atoms with E-state index >= 15 is 0 Å². The quantitative estimate of drug-likeness (QED) is 0.442. The van der Waals surface area contributed by atoms with Crippen LogP contribution in [0.2, 0.25) is 0 Å². The summed E-state index contributed by atoms with van der Waals surface area (Å²) in [6, 6.07) is 0. The molecule has 0 aliphatic rings. The van der Waals surface area contributed by atoms with Gasteiger partial charge >= 0.3 is 7.12 Å². The smallest absolute Gasteiger partial charge is 0.426 e. The molecule has 0 atom stereocenters. The fourth-order valence-corrected chi connectivity index (χ4v) is 1.23. The van der Waals surface area contributed by atoms with Gasteiger partial charge < -0.3 is 15.4 Å². The Morgan fingerprint density at radius 2 is 2.13 bits per heavy atom. The number of likely N-dealkylation sites (N-methyl/N-ethyl adjacent to an activating group) is 1. The van der Waals surface area contributed by atoms with E-state index in [1.54, 1.807) is 0 Å². The summed E-state index contributed by atoms with van der Waals surface area (Å²) in [5.41, 5.74) is 0. The van der Waals surface area contributed by atoms with Crippen LogP contribution in [0.4, 0.5) is 0 Å². The zero-order chi connectivity index (χ0) is 12.1. The van der Waals surface area contributed by atoms with Crippen LogP contribution in [-0.2, 0) is 14.8 Å². The summed E-state index contributed by atoms with van der Waals surface area (Å²) in [6.07, 6.45) is -0.346. The number of hydrogen-bond acceptors (Lipinski definition) is 5. The molecule has 3 N–H and O–H groups in total. The van der Waals surface area contributed by atoms with Gasteiger partial charge in [0.25, 0.3) is 0 Å². The normalized spacial score (nSPS) is 11.2. The van der Waals surface area contributed by atoms with Gasteiger partial charge in [0.05, 0.1) is 13.0 Å². The Morgan fingerprint density at radius 1 is 1.60 bits per heavy atom. The fraction of sp³-hybridized carbons (Fsp3) is 0.500. The predicted molar refractivity (Wildman–Crippen MR) is 54.9 cm³/mol. The maximum absolute atomic E-state index is 11.1. The molecule has 0 saturated carbocycles. The fourth-order valence-electron chi connectivity index (χ4n) is 0.680. The van der Waals surface area contributed by atoms with Gasteiger partial charge in [-0.15, -0.1) is 0 Å². The Hall–Kier alpha value is -0.895. The molecule has 86 valence electrons. The van der Waals surface area contributed by atoms with E-state index in [9.17, 15) is 13.2 Å². The maximum Gasteiger partial charge on any atom is 0.472 e. The largest absolute Gasteiger partial charge is 0.472 e. The van der Waals surface area contributed by atoms with Crippen molar-refractivity contribution in [2.24, 2.45) is 0 Å². The van der Waals surface area contributed by atoms with E-state index in [0.29, 0.717) is 0 Å². The summed E-state index contributed by atoms with van der Waals surface area (Å²) >= 11 is 0. The highest BCUT2D eigenvalue weighted by Gasteiger charge is 2.17. The molecule has 1 amide bonds. The van der Waals surface area contributed by atoms with Gasteiger partial charge in [0.15, 0.2) is 0 Å². The number of nitrogens with zero attached hydrogens (tertiary/aromatic N) is 1. The number of carbonyl (C=O) groups excluding carboxylic acids is 1. The van der Waals surface area contributed by atoms with E-state index < -0.39 is 29.6 Å². The van der Waals surface area contributed by atoms with Crippen LogP contribution >= 0.6 is 0 Å². The van der Waals surface area contributed by atoms with E-state index in [1.165, 1.54) is 7.05 Å². The van der Waals surface area contributed by atoms with E-state index in [2.05, 4.69) is 11.9 Å². The number of sulfonamides is 1. The van der Waals surface area contributed by atoms with Crippen molar-refractivity contribution in [3.63, 3.8) is 0 Å². The average molecular weight is 236 g/mol. The predicted octanol–water partition coefficient (Wildman–Crippen LogP) is -2.48. The Labute approximate surface area is 88.6 Å². The number of amides is 1. The molecule has 0 bridgehead atoms. The minimum absolute atomic E-state index is 0.346. The van der Waals surface area contributed by atoms with E-state index in [1.807, 2.05) is 0 Å². The highest BCUT2D eigenvalue weighted by Crippen LogP contribution is 1.97. The number of nitrogens with one attached hydrogen (secondary N) is 1. The van der Waals surface area contributed by atoms with Crippen LogP contribution in [-0.4, -0.2) is 55.8 Å². The molecule has 0 aromatic carbocycles. The lowest BCUT2D eigenvalue weighted by atomic mass is 9.93. The summed E-state index contributed by atoms with van der Waals surface area (Å²) in [7, 11) is -4.06. The third kappa shape index (κ3) is 5.52. The highest BCUT2D eigenvalue weighted by molar-refractivity contribution is 7.92. The molecular formula is C6H13BN2O5S. The van der Waals surface area contributed by atoms with Gasteiger partial charge in [0, 0.05) is 12.5 Å². The summed E-state index contributed by atoms with van der Waals surface area (Å²) in [6.45, 7) is 2.69. The van der Waals surface area contributed by atoms with E-state index in [-0.39, 0.29) is 6.44 Å². The van der Waals surface area contributed by atoms with Crippen molar-refractivity contribution >= 4 is 23.0 Å². The number of hydrogen-bond donors (Lipinski definition) is 3. The molecule has 7 nitrogen and oxygen atoms in total. The van der Waals surface area contributed by atoms with Crippen LogP contribution in [0.1, 0.15) is 0 Å². The Morgan fingerprint density at radius 3 is 2.53 bits per heavy atom. The second-order valence-electron chi connectivity index (χ2n) is 2.75. The number of rotatable bonds is 6. The second kappa shape index (κ2) is 5.86. The van der Waals surface area contributed by atoms with Crippen molar-refractivity contribution in [3.8, 4) is 0 Å². The van der Waals surface area contributed by atoms with Crippen LogP contribution < -0.4 is 5.32 Å². The molecule has 0 aliphatic heterocycles. The second-order valence-corrected chi connectivity index (χ2v) is 4.74. The lowest BCUT2D eigenvalue weighted by molar-refractivity contribution is -0.120. The van der Waals surface area contributed by atoms with Crippen molar-refractivity contribution in [1.82, 2.24) is 9.62 Å². The molecule has 9 heteroatoms. The van der Waals surface area contributed by atoms with Crippen molar-refractivity contribution in [2.75, 3.05) is 20.0 Å². The van der Waals surface area contributed by atoms with Crippen molar-refractivity contribution < 1.29 is 23.3 Å².